The molecule has 1 aliphatic heterocycles. The Balaban J connectivity index is 2.07. The minimum Gasteiger partial charge on any atom is -0.383 e. The van der Waals surface area contributed by atoms with Crippen LogP contribution in [0.2, 0.25) is 0 Å². The van der Waals surface area contributed by atoms with Crippen molar-refractivity contribution < 1.29 is 4.79 Å². The van der Waals surface area contributed by atoms with E-state index in [0.717, 1.165) is 24.4 Å². The number of nitrogens with two attached hydrogens (primary N) is 2. The summed E-state index contributed by atoms with van der Waals surface area (Å²) in [5.74, 6) is 0.287. The quantitative estimate of drug-likeness (QED) is 0.765. The molecule has 0 radical (unpaired) electrons. The van der Waals surface area contributed by atoms with Gasteiger partial charge in [0.2, 0.25) is 5.91 Å². The Labute approximate surface area is 92.2 Å². The summed E-state index contributed by atoms with van der Waals surface area (Å²) >= 11 is 1.37. The molecule has 15 heavy (non-hydrogen) atoms. The van der Waals surface area contributed by atoms with Crippen molar-refractivity contribution in [2.45, 2.75) is 12.8 Å². The van der Waals surface area contributed by atoms with Crippen LogP contribution in [0.4, 0.5) is 10.8 Å². The van der Waals surface area contributed by atoms with Crippen LogP contribution in [0.1, 0.15) is 12.8 Å². The number of nitrogen functional groups attached to an aromatic ring is 1. The monoisotopic (exact) mass is 226 g/mol. The number of amides is 1. The Morgan fingerprint density at radius 2 is 2.47 bits per heavy atom. The van der Waals surface area contributed by atoms with Crippen molar-refractivity contribution in [1.29, 1.82) is 0 Å². The van der Waals surface area contributed by atoms with Gasteiger partial charge in [-0.05, 0) is 24.4 Å². The molecule has 0 aromatic carbocycles. The van der Waals surface area contributed by atoms with E-state index in [4.69, 9.17) is 11.5 Å². The first-order valence-electron chi connectivity index (χ1n) is 4.93. The van der Waals surface area contributed by atoms with E-state index in [9.17, 15) is 4.79 Å². The summed E-state index contributed by atoms with van der Waals surface area (Å²) in [6.45, 7) is 1.64. The van der Waals surface area contributed by atoms with Crippen molar-refractivity contribution in [3.05, 3.63) is 6.07 Å². The minimum atomic E-state index is -0.211. The zero-order valence-corrected chi connectivity index (χ0v) is 9.17. The average Bonchev–Trinajstić information content (AvgIpc) is 2.65. The largest absolute Gasteiger partial charge is 0.383 e. The van der Waals surface area contributed by atoms with Gasteiger partial charge in [-0.1, -0.05) is 0 Å². The molecule has 1 aromatic rings. The predicted molar refractivity (Wildman–Crippen MR) is 60.7 cm³/mol. The molecule has 2 heterocycles. The lowest BCUT2D eigenvalue weighted by molar-refractivity contribution is -0.122. The van der Waals surface area contributed by atoms with Crippen LogP contribution in [0.3, 0.4) is 0 Å². The summed E-state index contributed by atoms with van der Waals surface area (Å²) in [5.41, 5.74) is 10.9. The Morgan fingerprint density at radius 1 is 1.67 bits per heavy atom. The highest BCUT2D eigenvalue weighted by molar-refractivity contribution is 7.10. The van der Waals surface area contributed by atoms with Gasteiger partial charge in [-0.2, -0.15) is 4.37 Å². The molecule has 1 aliphatic rings. The number of rotatable bonds is 2. The zero-order chi connectivity index (χ0) is 10.8. The molecule has 0 bridgehead atoms. The van der Waals surface area contributed by atoms with E-state index < -0.39 is 0 Å². The van der Waals surface area contributed by atoms with Gasteiger partial charge in [0.15, 0.2) is 0 Å². The van der Waals surface area contributed by atoms with Crippen molar-refractivity contribution in [2.24, 2.45) is 11.7 Å². The van der Waals surface area contributed by atoms with E-state index >= 15 is 0 Å². The third-order valence-corrected chi connectivity index (χ3v) is 3.52. The second-order valence-corrected chi connectivity index (χ2v) is 4.56. The predicted octanol–water partition coefficient (Wildman–Crippen LogP) is 0.427. The van der Waals surface area contributed by atoms with Crippen LogP contribution in [0.15, 0.2) is 6.07 Å². The zero-order valence-electron chi connectivity index (χ0n) is 8.35. The van der Waals surface area contributed by atoms with Gasteiger partial charge >= 0.3 is 0 Å². The number of primary amides is 1. The van der Waals surface area contributed by atoms with Crippen LogP contribution < -0.4 is 16.4 Å². The van der Waals surface area contributed by atoms with Gasteiger partial charge < -0.3 is 16.4 Å². The van der Waals surface area contributed by atoms with Crippen LogP contribution >= 0.6 is 11.5 Å². The summed E-state index contributed by atoms with van der Waals surface area (Å²) in [4.78, 5) is 13.2. The second kappa shape index (κ2) is 4.06. The molecule has 0 aliphatic carbocycles. The molecule has 4 N–H and O–H groups in total. The Hall–Kier alpha value is -1.30. The molecule has 0 saturated carbocycles. The highest BCUT2D eigenvalue weighted by Crippen LogP contribution is 2.27. The lowest BCUT2D eigenvalue weighted by atomic mass is 9.98. The van der Waals surface area contributed by atoms with Crippen LogP contribution in [0.25, 0.3) is 0 Å². The van der Waals surface area contributed by atoms with Gasteiger partial charge in [0, 0.05) is 19.2 Å². The van der Waals surface area contributed by atoms with E-state index in [-0.39, 0.29) is 11.8 Å². The molecule has 1 saturated heterocycles. The smallest absolute Gasteiger partial charge is 0.222 e. The number of nitrogens with zero attached hydrogens (tertiary/aromatic N) is 2. The number of aromatic nitrogens is 1. The van der Waals surface area contributed by atoms with Gasteiger partial charge in [-0.15, -0.1) is 0 Å². The van der Waals surface area contributed by atoms with E-state index in [1.807, 2.05) is 6.07 Å². The highest BCUT2D eigenvalue weighted by Gasteiger charge is 2.24. The second-order valence-electron chi connectivity index (χ2n) is 3.78. The molecule has 5 nitrogen and oxygen atoms in total. The number of piperidine rings is 1. The molecule has 2 rings (SSSR count). The third-order valence-electron chi connectivity index (χ3n) is 2.65. The molecule has 82 valence electrons. The van der Waals surface area contributed by atoms with Crippen molar-refractivity contribution >= 4 is 28.3 Å². The standard InChI is InChI=1S/C9H14N4OS/c10-7-4-8(15-12-7)13-3-1-2-6(5-13)9(11)14/h4,6H,1-3,5H2,(H2,10,12)(H2,11,14). The molecular formula is C9H14N4OS. The fraction of sp³-hybridized carbons (Fsp3) is 0.556. The molecule has 6 heteroatoms. The summed E-state index contributed by atoms with van der Waals surface area (Å²) in [5, 5.41) is 1.03. The van der Waals surface area contributed by atoms with Crippen LogP contribution in [0.5, 0.6) is 0 Å². The fourth-order valence-electron chi connectivity index (χ4n) is 1.84. The topological polar surface area (TPSA) is 85.2 Å². The molecular weight excluding hydrogens is 212 g/mol. The number of anilines is 2. The summed E-state index contributed by atoms with van der Waals surface area (Å²) in [6.07, 6.45) is 1.88. The summed E-state index contributed by atoms with van der Waals surface area (Å²) < 4.78 is 4.02. The van der Waals surface area contributed by atoms with Gasteiger partial charge in [-0.25, -0.2) is 0 Å². The molecule has 1 amide bonds. The normalized spacial score (nSPS) is 21.6. The summed E-state index contributed by atoms with van der Waals surface area (Å²) in [7, 11) is 0. The fourth-order valence-corrected chi connectivity index (χ4v) is 2.54. The maximum absolute atomic E-state index is 11.1. The van der Waals surface area contributed by atoms with Crippen LogP contribution in [0, 0.1) is 5.92 Å². The first kappa shape index (κ1) is 10.2. The van der Waals surface area contributed by atoms with Gasteiger partial charge in [0.05, 0.1) is 5.92 Å². The minimum absolute atomic E-state index is 0.0397. The molecule has 1 fully saturated rings. The van der Waals surface area contributed by atoms with Gasteiger partial charge in [0.1, 0.15) is 10.8 Å². The lowest BCUT2D eigenvalue weighted by Gasteiger charge is -2.31. The average molecular weight is 226 g/mol. The molecule has 1 atom stereocenters. The van der Waals surface area contributed by atoms with E-state index in [1.54, 1.807) is 0 Å². The van der Waals surface area contributed by atoms with E-state index in [2.05, 4.69) is 9.27 Å². The maximum atomic E-state index is 11.1. The highest BCUT2D eigenvalue weighted by atomic mass is 32.1. The Kier molecular flexibility index (Phi) is 2.77. The molecule has 1 aromatic heterocycles. The van der Waals surface area contributed by atoms with E-state index in [1.165, 1.54) is 11.5 Å². The van der Waals surface area contributed by atoms with Crippen molar-refractivity contribution in [3.63, 3.8) is 0 Å². The van der Waals surface area contributed by atoms with Crippen LogP contribution in [-0.2, 0) is 4.79 Å². The first-order valence-corrected chi connectivity index (χ1v) is 5.70. The van der Waals surface area contributed by atoms with Crippen molar-refractivity contribution in [2.75, 3.05) is 23.7 Å². The first-order chi connectivity index (χ1) is 7.16. The van der Waals surface area contributed by atoms with E-state index in [0.29, 0.717) is 12.4 Å². The number of carbonyl (C=O) groups is 1. The number of carbonyl (C=O) groups excluding carboxylic acids is 1. The SMILES string of the molecule is NC(=O)C1CCCN(c2cc(N)ns2)C1. The third kappa shape index (κ3) is 2.20. The summed E-state index contributed by atoms with van der Waals surface area (Å²) in [6, 6.07) is 1.84. The number of hydrogen-bond donors (Lipinski definition) is 2. The maximum Gasteiger partial charge on any atom is 0.222 e. The number of hydrogen-bond acceptors (Lipinski definition) is 5. The van der Waals surface area contributed by atoms with Gasteiger partial charge in [0.25, 0.3) is 0 Å². The van der Waals surface area contributed by atoms with Crippen LogP contribution in [-0.4, -0.2) is 23.4 Å². The lowest BCUT2D eigenvalue weighted by Crippen LogP contribution is -2.40. The Bertz CT molecular complexity index is 365. The molecule has 1 unspecified atom stereocenters. The van der Waals surface area contributed by atoms with Crippen molar-refractivity contribution in [1.82, 2.24) is 4.37 Å². The van der Waals surface area contributed by atoms with Crippen molar-refractivity contribution in [3.8, 4) is 0 Å². The Morgan fingerprint density at radius 3 is 3.07 bits per heavy atom. The van der Waals surface area contributed by atoms with Gasteiger partial charge in [-0.3, -0.25) is 4.79 Å². The molecule has 0 spiro atoms.